The van der Waals surface area contributed by atoms with Crippen LogP contribution in [0.25, 0.3) is 10.1 Å². The van der Waals surface area contributed by atoms with Gasteiger partial charge in [0.25, 0.3) is 0 Å². The van der Waals surface area contributed by atoms with Crippen molar-refractivity contribution >= 4 is 21.4 Å². The van der Waals surface area contributed by atoms with Gasteiger partial charge in [-0.3, -0.25) is 4.90 Å². The largest absolute Gasteiger partial charge is 0.311 e. The van der Waals surface area contributed by atoms with Crippen molar-refractivity contribution in [1.82, 2.24) is 10.2 Å². The molecule has 0 spiro atoms. The highest BCUT2D eigenvalue weighted by atomic mass is 32.1. The molecule has 3 heteroatoms. The summed E-state index contributed by atoms with van der Waals surface area (Å²) in [6.07, 6.45) is 0. The zero-order valence-electron chi connectivity index (χ0n) is 12.6. The summed E-state index contributed by atoms with van der Waals surface area (Å²) < 4.78 is 1.41. The van der Waals surface area contributed by atoms with Gasteiger partial charge < -0.3 is 5.32 Å². The Morgan fingerprint density at radius 3 is 2.95 bits per heavy atom. The maximum Gasteiger partial charge on any atom is 0.0346 e. The molecule has 2 heterocycles. The lowest BCUT2D eigenvalue weighted by molar-refractivity contribution is 0.0961. The van der Waals surface area contributed by atoms with Gasteiger partial charge in [0.2, 0.25) is 0 Å². The standard InChI is InChI=1S/C17H24N2S/c1-12(2)16-8-18-13(3)9-19(16)10-14-11-20-17-7-5-4-6-15(14)17/h4-7,11-13,16,18H,8-10H2,1-3H3. The van der Waals surface area contributed by atoms with Crippen LogP contribution in [0, 0.1) is 5.92 Å². The Hall–Kier alpha value is -0.900. The molecule has 0 saturated carbocycles. The van der Waals surface area contributed by atoms with Crippen LogP contribution in [-0.2, 0) is 6.54 Å². The van der Waals surface area contributed by atoms with Crippen LogP contribution in [0.2, 0.25) is 0 Å². The summed E-state index contributed by atoms with van der Waals surface area (Å²) in [5, 5.41) is 7.40. The minimum Gasteiger partial charge on any atom is -0.311 e. The fourth-order valence-electron chi connectivity index (χ4n) is 3.22. The predicted molar refractivity (Wildman–Crippen MR) is 88.3 cm³/mol. The molecule has 0 aliphatic carbocycles. The maximum absolute atomic E-state index is 3.62. The van der Waals surface area contributed by atoms with Gasteiger partial charge in [-0.15, -0.1) is 11.3 Å². The fraction of sp³-hybridized carbons (Fsp3) is 0.529. The Morgan fingerprint density at radius 1 is 1.35 bits per heavy atom. The molecule has 2 unspecified atom stereocenters. The molecule has 2 atom stereocenters. The van der Waals surface area contributed by atoms with Crippen LogP contribution in [0.15, 0.2) is 29.6 Å². The number of nitrogens with one attached hydrogen (secondary N) is 1. The van der Waals surface area contributed by atoms with Crippen LogP contribution in [0.5, 0.6) is 0 Å². The number of thiophene rings is 1. The molecule has 1 saturated heterocycles. The molecule has 3 rings (SSSR count). The molecule has 1 N–H and O–H groups in total. The molecular weight excluding hydrogens is 264 g/mol. The summed E-state index contributed by atoms with van der Waals surface area (Å²) in [5.74, 6) is 0.694. The second kappa shape index (κ2) is 5.84. The first-order chi connectivity index (χ1) is 9.65. The fourth-order valence-corrected chi connectivity index (χ4v) is 4.17. The van der Waals surface area contributed by atoms with Crippen molar-refractivity contribution in [2.45, 2.75) is 39.4 Å². The first-order valence-corrected chi connectivity index (χ1v) is 8.45. The normalized spacial score (nSPS) is 24.6. The highest BCUT2D eigenvalue weighted by Crippen LogP contribution is 2.28. The molecule has 0 amide bonds. The van der Waals surface area contributed by atoms with Crippen LogP contribution in [0.4, 0.5) is 0 Å². The number of piperazine rings is 1. The van der Waals surface area contributed by atoms with Gasteiger partial charge in [0.05, 0.1) is 0 Å². The molecule has 1 fully saturated rings. The average molecular weight is 288 g/mol. The van der Waals surface area contributed by atoms with Crippen LogP contribution in [0.3, 0.4) is 0 Å². The van der Waals surface area contributed by atoms with Gasteiger partial charge >= 0.3 is 0 Å². The Morgan fingerprint density at radius 2 is 2.15 bits per heavy atom. The number of hydrogen-bond donors (Lipinski definition) is 1. The summed E-state index contributed by atoms with van der Waals surface area (Å²) in [5.41, 5.74) is 1.49. The quantitative estimate of drug-likeness (QED) is 0.926. The Bertz CT molecular complexity index is 575. The van der Waals surface area contributed by atoms with E-state index in [-0.39, 0.29) is 0 Å². The van der Waals surface area contributed by atoms with Gasteiger partial charge in [-0.1, -0.05) is 32.0 Å². The highest BCUT2D eigenvalue weighted by Gasteiger charge is 2.28. The molecule has 2 nitrogen and oxygen atoms in total. The summed E-state index contributed by atoms with van der Waals surface area (Å²) in [6, 6.07) is 10.0. The van der Waals surface area contributed by atoms with Gasteiger partial charge in [0.15, 0.2) is 0 Å². The third-order valence-electron chi connectivity index (χ3n) is 4.36. The average Bonchev–Trinajstić information content (AvgIpc) is 2.82. The summed E-state index contributed by atoms with van der Waals surface area (Å²) in [7, 11) is 0. The molecule has 1 aliphatic heterocycles. The summed E-state index contributed by atoms with van der Waals surface area (Å²) in [6.45, 7) is 10.3. The van der Waals surface area contributed by atoms with Crippen molar-refractivity contribution in [2.24, 2.45) is 5.92 Å². The SMILES string of the molecule is CC1CN(Cc2csc3ccccc23)C(C(C)C)CN1. The van der Waals surface area contributed by atoms with Gasteiger partial charge in [0, 0.05) is 36.4 Å². The van der Waals surface area contributed by atoms with E-state index in [0.29, 0.717) is 18.0 Å². The lowest BCUT2D eigenvalue weighted by Crippen LogP contribution is -2.56. The van der Waals surface area contributed by atoms with Crippen molar-refractivity contribution in [2.75, 3.05) is 13.1 Å². The Kier molecular flexibility index (Phi) is 4.11. The van der Waals surface area contributed by atoms with Crippen LogP contribution in [-0.4, -0.2) is 30.1 Å². The minimum absolute atomic E-state index is 0.592. The lowest BCUT2D eigenvalue weighted by atomic mass is 9.98. The van der Waals surface area contributed by atoms with E-state index in [1.807, 2.05) is 11.3 Å². The van der Waals surface area contributed by atoms with E-state index in [1.165, 1.54) is 15.6 Å². The molecule has 108 valence electrons. The molecule has 1 aliphatic rings. The maximum atomic E-state index is 3.62. The monoisotopic (exact) mass is 288 g/mol. The van der Waals surface area contributed by atoms with E-state index < -0.39 is 0 Å². The van der Waals surface area contributed by atoms with Crippen LogP contribution >= 0.6 is 11.3 Å². The first kappa shape index (κ1) is 14.1. The van der Waals surface area contributed by atoms with Crippen LogP contribution in [0.1, 0.15) is 26.3 Å². The zero-order chi connectivity index (χ0) is 14.1. The molecule has 0 radical (unpaired) electrons. The Balaban J connectivity index is 1.84. The van der Waals surface area contributed by atoms with E-state index in [2.05, 4.69) is 60.6 Å². The van der Waals surface area contributed by atoms with Crippen molar-refractivity contribution < 1.29 is 0 Å². The van der Waals surface area contributed by atoms with E-state index in [4.69, 9.17) is 0 Å². The van der Waals surface area contributed by atoms with E-state index >= 15 is 0 Å². The van der Waals surface area contributed by atoms with Gasteiger partial charge in [-0.05, 0) is 35.2 Å². The number of nitrogens with zero attached hydrogens (tertiary/aromatic N) is 1. The van der Waals surface area contributed by atoms with Crippen molar-refractivity contribution in [3.8, 4) is 0 Å². The Labute approximate surface area is 125 Å². The highest BCUT2D eigenvalue weighted by molar-refractivity contribution is 7.17. The summed E-state index contributed by atoms with van der Waals surface area (Å²) in [4.78, 5) is 2.67. The number of fused-ring (bicyclic) bond motifs is 1. The van der Waals surface area contributed by atoms with E-state index in [9.17, 15) is 0 Å². The number of hydrogen-bond acceptors (Lipinski definition) is 3. The van der Waals surface area contributed by atoms with E-state index in [0.717, 1.165) is 19.6 Å². The van der Waals surface area contributed by atoms with Gasteiger partial charge in [0.1, 0.15) is 0 Å². The molecule has 1 aromatic carbocycles. The third kappa shape index (κ3) is 2.76. The molecular formula is C17H24N2S. The molecule has 0 bridgehead atoms. The van der Waals surface area contributed by atoms with Crippen LogP contribution < -0.4 is 5.32 Å². The second-order valence-electron chi connectivity index (χ2n) is 6.31. The molecule has 1 aromatic heterocycles. The second-order valence-corrected chi connectivity index (χ2v) is 7.22. The number of benzene rings is 1. The predicted octanol–water partition coefficient (Wildman–Crippen LogP) is 3.72. The van der Waals surface area contributed by atoms with Crippen molar-refractivity contribution in [3.05, 3.63) is 35.2 Å². The minimum atomic E-state index is 0.592. The molecule has 2 aromatic rings. The first-order valence-electron chi connectivity index (χ1n) is 7.57. The topological polar surface area (TPSA) is 15.3 Å². The van der Waals surface area contributed by atoms with E-state index in [1.54, 1.807) is 0 Å². The van der Waals surface area contributed by atoms with Crippen molar-refractivity contribution in [3.63, 3.8) is 0 Å². The van der Waals surface area contributed by atoms with Crippen molar-refractivity contribution in [1.29, 1.82) is 0 Å². The lowest BCUT2D eigenvalue weighted by Gasteiger charge is -2.41. The summed E-state index contributed by atoms with van der Waals surface area (Å²) >= 11 is 1.87. The van der Waals surface area contributed by atoms with Gasteiger partial charge in [-0.2, -0.15) is 0 Å². The zero-order valence-corrected chi connectivity index (χ0v) is 13.4. The third-order valence-corrected chi connectivity index (χ3v) is 5.37. The number of rotatable bonds is 3. The van der Waals surface area contributed by atoms with Gasteiger partial charge in [-0.25, -0.2) is 0 Å². The molecule has 20 heavy (non-hydrogen) atoms. The smallest absolute Gasteiger partial charge is 0.0346 e.